The maximum atomic E-state index is 12.8. The standard InChI is InChI=1S/C59H114O6/c1-5-7-9-11-13-15-16-17-18-21-25-28-31-35-38-42-46-50-57(60)63-53-56(65-59(62)52-48-44-40-33-14-12-10-8-6-2)54-64-58(61)51-47-43-39-36-32-29-26-23-20-19-22-24-27-30-34-37-41-45-49-55(3)4/h55-56H,5-54H2,1-4H3/t56-/m0/s1. The lowest BCUT2D eigenvalue weighted by atomic mass is 10.0. The molecular formula is C59H114O6. The van der Waals surface area contributed by atoms with Crippen LogP contribution in [0.4, 0.5) is 0 Å². The Labute approximate surface area is 406 Å². The van der Waals surface area contributed by atoms with Crippen LogP contribution < -0.4 is 0 Å². The summed E-state index contributed by atoms with van der Waals surface area (Å²) in [5.41, 5.74) is 0. The molecule has 0 aromatic rings. The van der Waals surface area contributed by atoms with Crippen molar-refractivity contribution in [1.29, 1.82) is 0 Å². The summed E-state index contributed by atoms with van der Waals surface area (Å²) in [6.07, 6.45) is 58.2. The molecular weight excluding hydrogens is 805 g/mol. The molecule has 0 saturated carbocycles. The zero-order chi connectivity index (χ0) is 47.4. The van der Waals surface area contributed by atoms with Gasteiger partial charge in [-0.1, -0.05) is 297 Å². The zero-order valence-electron chi connectivity index (χ0n) is 44.5. The minimum Gasteiger partial charge on any atom is -0.462 e. The molecule has 1 atom stereocenters. The van der Waals surface area contributed by atoms with Crippen LogP contribution in [-0.2, 0) is 28.6 Å². The molecule has 0 saturated heterocycles. The Balaban J connectivity index is 4.15. The molecule has 0 rings (SSSR count). The third-order valence-electron chi connectivity index (χ3n) is 13.5. The van der Waals surface area contributed by atoms with Gasteiger partial charge in [-0.15, -0.1) is 0 Å². The average Bonchev–Trinajstić information content (AvgIpc) is 3.29. The molecule has 0 aromatic carbocycles. The van der Waals surface area contributed by atoms with E-state index in [0.29, 0.717) is 19.3 Å². The number of hydrogen-bond acceptors (Lipinski definition) is 6. The number of esters is 3. The topological polar surface area (TPSA) is 78.9 Å². The lowest BCUT2D eigenvalue weighted by molar-refractivity contribution is -0.167. The average molecular weight is 920 g/mol. The van der Waals surface area contributed by atoms with Crippen LogP contribution >= 0.6 is 0 Å². The van der Waals surface area contributed by atoms with E-state index in [2.05, 4.69) is 27.7 Å². The number of rotatable bonds is 54. The summed E-state index contributed by atoms with van der Waals surface area (Å²) in [7, 11) is 0. The van der Waals surface area contributed by atoms with Crippen molar-refractivity contribution in [3.05, 3.63) is 0 Å². The van der Waals surface area contributed by atoms with Gasteiger partial charge in [-0.25, -0.2) is 0 Å². The first-order valence-corrected chi connectivity index (χ1v) is 29.4. The van der Waals surface area contributed by atoms with Crippen LogP contribution in [0.5, 0.6) is 0 Å². The van der Waals surface area contributed by atoms with E-state index >= 15 is 0 Å². The Morgan fingerprint density at radius 1 is 0.292 bits per heavy atom. The van der Waals surface area contributed by atoms with Crippen LogP contribution in [0.15, 0.2) is 0 Å². The Morgan fingerprint density at radius 2 is 0.508 bits per heavy atom. The van der Waals surface area contributed by atoms with E-state index in [0.717, 1.165) is 63.7 Å². The highest BCUT2D eigenvalue weighted by Gasteiger charge is 2.19. The fraction of sp³-hybridized carbons (Fsp3) is 0.949. The lowest BCUT2D eigenvalue weighted by Crippen LogP contribution is -2.30. The largest absolute Gasteiger partial charge is 0.462 e. The van der Waals surface area contributed by atoms with Gasteiger partial charge in [0.25, 0.3) is 0 Å². The van der Waals surface area contributed by atoms with E-state index in [1.54, 1.807) is 0 Å². The molecule has 0 bridgehead atoms. The van der Waals surface area contributed by atoms with Crippen LogP contribution in [-0.4, -0.2) is 37.2 Å². The van der Waals surface area contributed by atoms with E-state index < -0.39 is 6.10 Å². The molecule has 0 fully saturated rings. The summed E-state index contributed by atoms with van der Waals surface area (Å²) in [5, 5.41) is 0. The van der Waals surface area contributed by atoms with Gasteiger partial charge < -0.3 is 14.2 Å². The molecule has 0 aliphatic carbocycles. The number of carbonyl (C=O) groups is 3. The van der Waals surface area contributed by atoms with Gasteiger partial charge in [-0.2, -0.15) is 0 Å². The lowest BCUT2D eigenvalue weighted by Gasteiger charge is -2.18. The van der Waals surface area contributed by atoms with Gasteiger partial charge in [0.1, 0.15) is 13.2 Å². The van der Waals surface area contributed by atoms with Crippen LogP contribution in [0.3, 0.4) is 0 Å². The first kappa shape index (κ1) is 63.4. The van der Waals surface area contributed by atoms with Gasteiger partial charge in [0, 0.05) is 19.3 Å². The minimum atomic E-state index is -0.761. The van der Waals surface area contributed by atoms with E-state index in [1.807, 2.05) is 0 Å². The number of hydrogen-bond donors (Lipinski definition) is 0. The molecule has 0 amide bonds. The predicted molar refractivity (Wildman–Crippen MR) is 280 cm³/mol. The van der Waals surface area contributed by atoms with Crippen molar-refractivity contribution >= 4 is 17.9 Å². The molecule has 0 aromatic heterocycles. The second kappa shape index (κ2) is 53.4. The number of unbranched alkanes of at least 4 members (excludes halogenated alkanes) is 41. The molecule has 0 unspecified atom stereocenters. The van der Waals surface area contributed by atoms with Crippen molar-refractivity contribution in [3.63, 3.8) is 0 Å². The summed E-state index contributed by atoms with van der Waals surface area (Å²) in [5.74, 6) is 0.0210. The molecule has 0 radical (unpaired) electrons. The summed E-state index contributed by atoms with van der Waals surface area (Å²) < 4.78 is 16.9. The fourth-order valence-electron chi connectivity index (χ4n) is 9.10. The van der Waals surface area contributed by atoms with Crippen molar-refractivity contribution in [1.82, 2.24) is 0 Å². The van der Waals surface area contributed by atoms with Crippen molar-refractivity contribution in [2.75, 3.05) is 13.2 Å². The smallest absolute Gasteiger partial charge is 0.306 e. The highest BCUT2D eigenvalue weighted by Crippen LogP contribution is 2.18. The fourth-order valence-corrected chi connectivity index (χ4v) is 9.10. The zero-order valence-corrected chi connectivity index (χ0v) is 44.5. The molecule has 0 spiro atoms. The minimum absolute atomic E-state index is 0.0621. The third-order valence-corrected chi connectivity index (χ3v) is 13.5. The van der Waals surface area contributed by atoms with Gasteiger partial charge >= 0.3 is 17.9 Å². The summed E-state index contributed by atoms with van der Waals surface area (Å²) in [4.78, 5) is 38.0. The summed E-state index contributed by atoms with van der Waals surface area (Å²) in [6.45, 7) is 9.06. The van der Waals surface area contributed by atoms with Crippen molar-refractivity contribution in [2.45, 2.75) is 342 Å². The second-order valence-electron chi connectivity index (χ2n) is 20.8. The first-order chi connectivity index (χ1) is 31.9. The summed E-state index contributed by atoms with van der Waals surface area (Å²) in [6, 6.07) is 0. The van der Waals surface area contributed by atoms with Crippen LogP contribution in [0.2, 0.25) is 0 Å². The molecule has 6 nitrogen and oxygen atoms in total. The van der Waals surface area contributed by atoms with E-state index in [4.69, 9.17) is 14.2 Å². The first-order valence-electron chi connectivity index (χ1n) is 29.4. The van der Waals surface area contributed by atoms with E-state index in [1.165, 1.54) is 231 Å². The quantitative estimate of drug-likeness (QED) is 0.0344. The molecule has 0 aliphatic heterocycles. The van der Waals surface area contributed by atoms with Gasteiger partial charge in [0.2, 0.25) is 0 Å². The maximum absolute atomic E-state index is 12.8. The Kier molecular flexibility index (Phi) is 52.1. The molecule has 0 N–H and O–H groups in total. The highest BCUT2D eigenvalue weighted by atomic mass is 16.6. The Morgan fingerprint density at radius 3 is 0.754 bits per heavy atom. The molecule has 0 heterocycles. The highest BCUT2D eigenvalue weighted by molar-refractivity contribution is 5.71. The van der Waals surface area contributed by atoms with Gasteiger partial charge in [0.15, 0.2) is 6.10 Å². The van der Waals surface area contributed by atoms with Crippen LogP contribution in [0, 0.1) is 5.92 Å². The van der Waals surface area contributed by atoms with E-state index in [9.17, 15) is 14.4 Å². The Bertz CT molecular complexity index is 980. The summed E-state index contributed by atoms with van der Waals surface area (Å²) >= 11 is 0. The predicted octanol–water partition coefficient (Wildman–Crippen LogP) is 19.4. The van der Waals surface area contributed by atoms with Crippen molar-refractivity contribution in [3.8, 4) is 0 Å². The monoisotopic (exact) mass is 919 g/mol. The van der Waals surface area contributed by atoms with Crippen molar-refractivity contribution < 1.29 is 28.6 Å². The Hall–Kier alpha value is -1.59. The van der Waals surface area contributed by atoms with Crippen LogP contribution in [0.1, 0.15) is 336 Å². The van der Waals surface area contributed by atoms with Gasteiger partial charge in [0.05, 0.1) is 0 Å². The molecule has 6 heteroatoms. The third kappa shape index (κ3) is 53.2. The van der Waals surface area contributed by atoms with Gasteiger partial charge in [-0.05, 0) is 25.2 Å². The van der Waals surface area contributed by atoms with E-state index in [-0.39, 0.29) is 31.1 Å². The SMILES string of the molecule is CCCCCCCCCCCCCCCCCCCC(=O)OC[C@@H](COC(=O)CCCCCCCCCCCCCCCCCCCCC(C)C)OC(=O)CCCCCCCCCCC. The normalized spacial score (nSPS) is 12.0. The number of carbonyl (C=O) groups excluding carboxylic acids is 3. The molecule has 386 valence electrons. The maximum Gasteiger partial charge on any atom is 0.306 e. The van der Waals surface area contributed by atoms with Crippen molar-refractivity contribution in [2.24, 2.45) is 5.92 Å². The molecule has 0 aliphatic rings. The molecule has 65 heavy (non-hydrogen) atoms. The van der Waals surface area contributed by atoms with Gasteiger partial charge in [-0.3, -0.25) is 14.4 Å². The van der Waals surface area contributed by atoms with Crippen LogP contribution in [0.25, 0.3) is 0 Å². The second-order valence-corrected chi connectivity index (χ2v) is 20.8. The number of ether oxygens (including phenoxy) is 3.